The largest absolute Gasteiger partial charge is 0.364 e. The lowest BCUT2D eigenvalue weighted by Gasteiger charge is -2.29. The quantitative estimate of drug-likeness (QED) is 0.563. The monoisotopic (exact) mass is 408 g/mol. The van der Waals surface area contributed by atoms with Crippen LogP contribution in [0.15, 0.2) is 18.2 Å². The molecule has 0 bridgehead atoms. The van der Waals surface area contributed by atoms with Gasteiger partial charge in [-0.25, -0.2) is 0 Å². The van der Waals surface area contributed by atoms with Crippen LogP contribution in [0.2, 0.25) is 0 Å². The van der Waals surface area contributed by atoms with Gasteiger partial charge in [-0.05, 0) is 37.5 Å². The van der Waals surface area contributed by atoms with Crippen LogP contribution in [0.5, 0.6) is 0 Å². The maximum atomic E-state index is 12.9. The third-order valence-electron chi connectivity index (χ3n) is 6.32. The third-order valence-corrected chi connectivity index (χ3v) is 6.32. The number of nitrogens with one attached hydrogen (secondary N) is 4. The fourth-order valence-electron chi connectivity index (χ4n) is 4.59. The second-order valence-electron chi connectivity index (χ2n) is 8.60. The number of anilines is 1. The minimum absolute atomic E-state index is 0.134. The van der Waals surface area contributed by atoms with E-state index in [-0.39, 0.29) is 23.8 Å². The summed E-state index contributed by atoms with van der Waals surface area (Å²) < 4.78 is 0. The number of fused-ring (bicyclic) bond motifs is 2. The fourth-order valence-corrected chi connectivity index (χ4v) is 4.59. The number of aromatic amines is 1. The van der Waals surface area contributed by atoms with E-state index < -0.39 is 11.9 Å². The van der Waals surface area contributed by atoms with Crippen molar-refractivity contribution >= 4 is 23.5 Å². The molecule has 3 aliphatic rings. The lowest BCUT2D eigenvalue weighted by Crippen LogP contribution is -2.52. The maximum absolute atomic E-state index is 12.9. The Balaban J connectivity index is 1.35. The predicted molar refractivity (Wildman–Crippen MR) is 108 cm³/mol. The van der Waals surface area contributed by atoms with Crippen LogP contribution in [0.1, 0.15) is 59.4 Å². The zero-order valence-electron chi connectivity index (χ0n) is 17.0. The van der Waals surface area contributed by atoms with Gasteiger partial charge in [-0.2, -0.15) is 5.10 Å². The van der Waals surface area contributed by atoms with Crippen molar-refractivity contribution in [3.63, 3.8) is 0 Å². The summed E-state index contributed by atoms with van der Waals surface area (Å²) in [4.78, 5) is 38.2. The first-order chi connectivity index (χ1) is 14.3. The van der Waals surface area contributed by atoms with Crippen molar-refractivity contribution in [2.24, 2.45) is 0 Å². The Bertz CT molecular complexity index is 1070. The first-order valence-corrected chi connectivity index (χ1v) is 10.2. The second-order valence-corrected chi connectivity index (χ2v) is 8.60. The van der Waals surface area contributed by atoms with Crippen molar-refractivity contribution in [2.75, 3.05) is 5.32 Å². The molecule has 2 aromatic rings. The number of carbonyl (C=O) groups excluding carboxylic acids is 3. The summed E-state index contributed by atoms with van der Waals surface area (Å²) >= 11 is 0. The summed E-state index contributed by atoms with van der Waals surface area (Å²) in [5, 5.41) is 16.7. The summed E-state index contributed by atoms with van der Waals surface area (Å²) in [5.41, 5.74) is 4.62. The first-order valence-electron chi connectivity index (χ1n) is 10.2. The molecule has 3 amide bonds. The van der Waals surface area contributed by atoms with E-state index >= 15 is 0 Å². The van der Waals surface area contributed by atoms with Crippen molar-refractivity contribution in [1.82, 2.24) is 25.7 Å². The zero-order valence-corrected chi connectivity index (χ0v) is 17.0. The number of carbonyl (C=O) groups is 3. The molecule has 4 heterocycles. The molecule has 4 N–H and O–H groups in total. The number of amides is 3. The normalized spacial score (nSPS) is 22.1. The Hall–Kier alpha value is -3.20. The van der Waals surface area contributed by atoms with E-state index in [1.807, 2.05) is 12.1 Å². The van der Waals surface area contributed by atoms with Crippen molar-refractivity contribution in [3.05, 3.63) is 46.1 Å². The molecule has 0 spiro atoms. The van der Waals surface area contributed by atoms with Gasteiger partial charge in [-0.1, -0.05) is 12.1 Å². The van der Waals surface area contributed by atoms with Gasteiger partial charge < -0.3 is 15.5 Å². The third kappa shape index (κ3) is 2.88. The molecular formula is C21H24N6O3. The highest BCUT2D eigenvalue weighted by molar-refractivity contribution is 6.05. The minimum Gasteiger partial charge on any atom is -0.364 e. The summed E-state index contributed by atoms with van der Waals surface area (Å²) in [6.07, 6.45) is 0.611. The summed E-state index contributed by atoms with van der Waals surface area (Å²) in [6, 6.07) is 5.04. The number of hydrogen-bond acceptors (Lipinski definition) is 6. The zero-order chi connectivity index (χ0) is 21.0. The van der Waals surface area contributed by atoms with Crippen molar-refractivity contribution in [1.29, 1.82) is 0 Å². The molecule has 9 heteroatoms. The van der Waals surface area contributed by atoms with Crippen molar-refractivity contribution < 1.29 is 14.4 Å². The average Bonchev–Trinajstić information content (AvgIpc) is 3.35. The standard InChI is InChI=1S/C21H24N6O3/c1-21(2)17-13(9-23-21)18(26-25-17)22-8-11-4-3-5-12-14(11)10-27(20(12)30)15-6-7-16(28)24-19(15)29/h3-5,15,23H,6-10H2,1-2H3,(H2,22,25,26)(H,24,28,29). The van der Waals surface area contributed by atoms with Gasteiger partial charge in [-0.15, -0.1) is 0 Å². The van der Waals surface area contributed by atoms with Crippen LogP contribution in [0.4, 0.5) is 5.82 Å². The van der Waals surface area contributed by atoms with Gasteiger partial charge in [-0.3, -0.25) is 24.8 Å². The molecule has 156 valence electrons. The van der Waals surface area contributed by atoms with E-state index in [0.29, 0.717) is 25.1 Å². The van der Waals surface area contributed by atoms with Crippen LogP contribution in [-0.2, 0) is 34.8 Å². The van der Waals surface area contributed by atoms with E-state index in [9.17, 15) is 14.4 Å². The number of benzene rings is 1. The van der Waals surface area contributed by atoms with Crippen LogP contribution < -0.4 is 16.0 Å². The van der Waals surface area contributed by atoms with Gasteiger partial charge in [0, 0.05) is 37.2 Å². The molecule has 3 aliphatic heterocycles. The lowest BCUT2D eigenvalue weighted by molar-refractivity contribution is -0.136. The van der Waals surface area contributed by atoms with E-state index in [4.69, 9.17) is 0 Å². The van der Waals surface area contributed by atoms with E-state index in [1.54, 1.807) is 11.0 Å². The highest BCUT2D eigenvalue weighted by Crippen LogP contribution is 2.34. The lowest BCUT2D eigenvalue weighted by atomic mass is 10.0. The van der Waals surface area contributed by atoms with Gasteiger partial charge in [0.15, 0.2) is 5.82 Å². The number of aromatic nitrogens is 2. The van der Waals surface area contributed by atoms with E-state index in [0.717, 1.165) is 34.7 Å². The van der Waals surface area contributed by atoms with Gasteiger partial charge in [0.2, 0.25) is 11.8 Å². The van der Waals surface area contributed by atoms with Crippen LogP contribution in [0.25, 0.3) is 0 Å². The number of imide groups is 1. The van der Waals surface area contributed by atoms with E-state index in [2.05, 4.69) is 40.0 Å². The highest BCUT2D eigenvalue weighted by Gasteiger charge is 2.40. The molecule has 0 aliphatic carbocycles. The Morgan fingerprint density at radius 3 is 2.87 bits per heavy atom. The van der Waals surface area contributed by atoms with Crippen molar-refractivity contribution in [2.45, 2.75) is 57.9 Å². The predicted octanol–water partition coefficient (Wildman–Crippen LogP) is 1.12. The second kappa shape index (κ2) is 6.66. The Kier molecular flexibility index (Phi) is 4.18. The molecule has 0 saturated carbocycles. The van der Waals surface area contributed by atoms with Gasteiger partial charge in [0.1, 0.15) is 6.04 Å². The molecule has 30 heavy (non-hydrogen) atoms. The number of piperidine rings is 1. The highest BCUT2D eigenvalue weighted by atomic mass is 16.2. The molecule has 5 rings (SSSR count). The molecule has 1 saturated heterocycles. The summed E-state index contributed by atoms with van der Waals surface area (Å²) in [5.74, 6) is -0.0243. The SMILES string of the molecule is CC1(C)NCc2c(NCc3cccc4c3CN(C3CCC(=O)NC3=O)C4=O)n[nH]c21. The van der Waals surface area contributed by atoms with E-state index in [1.165, 1.54) is 0 Å². The molecule has 1 aromatic heterocycles. The first kappa shape index (κ1) is 18.8. The number of H-pyrrole nitrogens is 1. The maximum Gasteiger partial charge on any atom is 0.255 e. The Morgan fingerprint density at radius 1 is 1.23 bits per heavy atom. The number of rotatable bonds is 4. The van der Waals surface area contributed by atoms with Crippen LogP contribution in [0.3, 0.4) is 0 Å². The minimum atomic E-state index is -0.605. The van der Waals surface area contributed by atoms with Crippen LogP contribution in [-0.4, -0.2) is 38.9 Å². The number of nitrogens with zero attached hydrogens (tertiary/aromatic N) is 2. The van der Waals surface area contributed by atoms with Gasteiger partial charge in [0.05, 0.1) is 11.2 Å². The fraction of sp³-hybridized carbons (Fsp3) is 0.429. The molecular weight excluding hydrogens is 384 g/mol. The molecule has 1 aromatic carbocycles. The molecule has 1 fully saturated rings. The molecule has 9 nitrogen and oxygen atoms in total. The molecule has 1 atom stereocenters. The van der Waals surface area contributed by atoms with Crippen LogP contribution in [0, 0.1) is 0 Å². The van der Waals surface area contributed by atoms with Crippen LogP contribution >= 0.6 is 0 Å². The molecule has 0 radical (unpaired) electrons. The topological polar surface area (TPSA) is 119 Å². The Morgan fingerprint density at radius 2 is 2.07 bits per heavy atom. The summed E-state index contributed by atoms with van der Waals surface area (Å²) in [6.45, 7) is 5.86. The van der Waals surface area contributed by atoms with Gasteiger partial charge >= 0.3 is 0 Å². The molecule has 1 unspecified atom stereocenters. The van der Waals surface area contributed by atoms with Gasteiger partial charge in [0.25, 0.3) is 5.91 Å². The Labute approximate surface area is 173 Å². The van der Waals surface area contributed by atoms with Crippen molar-refractivity contribution in [3.8, 4) is 0 Å². The summed E-state index contributed by atoms with van der Waals surface area (Å²) in [7, 11) is 0. The number of hydrogen-bond donors (Lipinski definition) is 4. The average molecular weight is 408 g/mol. The smallest absolute Gasteiger partial charge is 0.255 e.